The quantitative estimate of drug-likeness (QED) is 0.760. The molecule has 5 nitrogen and oxygen atoms in total. The summed E-state index contributed by atoms with van der Waals surface area (Å²) in [4.78, 5) is 0.151. The highest BCUT2D eigenvalue weighted by atomic mass is 79.9. The second-order valence-corrected chi connectivity index (χ2v) is 7.34. The van der Waals surface area contributed by atoms with Gasteiger partial charge in [0.15, 0.2) is 5.82 Å². The molecule has 0 fully saturated rings. The van der Waals surface area contributed by atoms with E-state index in [4.69, 9.17) is 5.73 Å². The Balaban J connectivity index is 2.08. The van der Waals surface area contributed by atoms with Crippen LogP contribution in [0.2, 0.25) is 0 Å². The number of nitrogen functional groups attached to an aromatic ring is 1. The van der Waals surface area contributed by atoms with Crippen LogP contribution in [-0.2, 0) is 10.0 Å². The van der Waals surface area contributed by atoms with Crippen molar-refractivity contribution >= 4 is 31.8 Å². The fraction of sp³-hybridized carbons (Fsp3) is 0. The van der Waals surface area contributed by atoms with E-state index in [2.05, 4.69) is 21.0 Å². The Morgan fingerprint density at radius 3 is 2.27 bits per heavy atom. The molecule has 0 saturated heterocycles. The highest BCUT2D eigenvalue weighted by Gasteiger charge is 2.20. The molecule has 0 aliphatic rings. The number of nitrogens with two attached hydrogens (primary N) is 1. The van der Waals surface area contributed by atoms with Gasteiger partial charge in [0.1, 0.15) is 0 Å². The Morgan fingerprint density at radius 2 is 1.64 bits per heavy atom. The van der Waals surface area contributed by atoms with Crippen LogP contribution in [0.4, 0.5) is 5.82 Å². The van der Waals surface area contributed by atoms with Crippen molar-refractivity contribution in [3.8, 4) is 11.1 Å². The van der Waals surface area contributed by atoms with Crippen LogP contribution in [0.1, 0.15) is 0 Å². The lowest BCUT2D eigenvalue weighted by molar-refractivity contribution is 0.580. The largest absolute Gasteiger partial charge is 0.382 e. The van der Waals surface area contributed by atoms with E-state index in [1.165, 1.54) is 18.3 Å². The molecular weight excluding hydrogens is 366 g/mol. The molecule has 1 heterocycles. The van der Waals surface area contributed by atoms with E-state index >= 15 is 0 Å². The van der Waals surface area contributed by atoms with E-state index in [0.29, 0.717) is 5.56 Å². The lowest BCUT2D eigenvalue weighted by Crippen LogP contribution is -2.13. The zero-order valence-corrected chi connectivity index (χ0v) is 13.8. The summed E-state index contributed by atoms with van der Waals surface area (Å²) in [5.74, 6) is 0.173. The van der Waals surface area contributed by atoms with Crippen molar-refractivity contribution in [2.45, 2.75) is 4.90 Å². The number of halogens is 1. The molecule has 0 aliphatic carbocycles. The van der Waals surface area contributed by atoms with Crippen LogP contribution in [0.3, 0.4) is 0 Å². The fourth-order valence-corrected chi connectivity index (χ4v) is 3.44. The van der Waals surface area contributed by atoms with Gasteiger partial charge in [-0.05, 0) is 29.8 Å². The van der Waals surface area contributed by atoms with E-state index in [0.717, 1.165) is 14.1 Å². The Kier molecular flexibility index (Phi) is 3.76. The second kappa shape index (κ2) is 5.58. The maximum atomic E-state index is 12.6. The summed E-state index contributed by atoms with van der Waals surface area (Å²) < 4.78 is 26.9. The molecule has 2 N–H and O–H groups in total. The first kappa shape index (κ1) is 14.8. The van der Waals surface area contributed by atoms with E-state index in [-0.39, 0.29) is 10.7 Å². The summed E-state index contributed by atoms with van der Waals surface area (Å²) in [6.07, 6.45) is 1.43. The smallest absolute Gasteiger partial charge is 0.283 e. The van der Waals surface area contributed by atoms with E-state index in [9.17, 15) is 8.42 Å². The van der Waals surface area contributed by atoms with Crippen LogP contribution in [0.5, 0.6) is 0 Å². The first-order valence-electron chi connectivity index (χ1n) is 6.40. The van der Waals surface area contributed by atoms with Gasteiger partial charge in [-0.25, -0.2) is 0 Å². The van der Waals surface area contributed by atoms with Gasteiger partial charge in [-0.15, -0.1) is 5.10 Å². The maximum Gasteiger partial charge on any atom is 0.283 e. The van der Waals surface area contributed by atoms with Crippen molar-refractivity contribution in [3.05, 3.63) is 65.3 Å². The SMILES string of the molecule is Nc1nn(S(=O)(=O)c2ccc(Br)cc2)cc1-c1ccccc1. The molecule has 0 bridgehead atoms. The van der Waals surface area contributed by atoms with Crippen molar-refractivity contribution < 1.29 is 8.42 Å². The number of hydrogen-bond donors (Lipinski definition) is 1. The topological polar surface area (TPSA) is 78.0 Å². The van der Waals surface area contributed by atoms with Gasteiger partial charge in [0.05, 0.1) is 11.1 Å². The third-order valence-corrected chi connectivity index (χ3v) is 5.24. The molecule has 3 rings (SSSR count). The lowest BCUT2D eigenvalue weighted by atomic mass is 10.1. The van der Waals surface area contributed by atoms with E-state index in [1.54, 1.807) is 12.1 Å². The zero-order chi connectivity index (χ0) is 15.7. The molecule has 0 unspecified atom stereocenters. The fourth-order valence-electron chi connectivity index (χ4n) is 2.04. The predicted octanol–water partition coefficient (Wildman–Crippen LogP) is 3.13. The summed E-state index contributed by atoms with van der Waals surface area (Å²) in [5, 5.41) is 3.95. The van der Waals surface area contributed by atoms with Gasteiger partial charge in [-0.1, -0.05) is 46.3 Å². The van der Waals surface area contributed by atoms with Crippen LogP contribution in [0, 0.1) is 0 Å². The molecule has 0 saturated carbocycles. The lowest BCUT2D eigenvalue weighted by Gasteiger charge is -2.03. The zero-order valence-electron chi connectivity index (χ0n) is 11.3. The van der Waals surface area contributed by atoms with Gasteiger partial charge in [0.2, 0.25) is 0 Å². The molecule has 0 radical (unpaired) electrons. The van der Waals surface area contributed by atoms with Gasteiger partial charge in [-0.2, -0.15) is 12.5 Å². The molecular formula is C15H12BrN3O2S. The summed E-state index contributed by atoms with van der Waals surface area (Å²) in [6.45, 7) is 0. The number of benzene rings is 2. The predicted molar refractivity (Wildman–Crippen MR) is 88.8 cm³/mol. The number of nitrogens with zero attached hydrogens (tertiary/aromatic N) is 2. The summed E-state index contributed by atoms with van der Waals surface area (Å²) in [5.41, 5.74) is 7.27. The van der Waals surface area contributed by atoms with Crippen molar-refractivity contribution in [2.75, 3.05) is 5.73 Å². The van der Waals surface area contributed by atoms with Gasteiger partial charge >= 0.3 is 0 Å². The van der Waals surface area contributed by atoms with Crippen LogP contribution >= 0.6 is 15.9 Å². The van der Waals surface area contributed by atoms with Crippen LogP contribution in [-0.4, -0.2) is 17.6 Å². The second-order valence-electron chi connectivity index (χ2n) is 4.63. The Labute approximate surface area is 136 Å². The first-order chi connectivity index (χ1) is 10.5. The summed E-state index contributed by atoms with van der Waals surface area (Å²) in [7, 11) is -3.76. The molecule has 7 heteroatoms. The average molecular weight is 378 g/mol. The Morgan fingerprint density at radius 1 is 1.00 bits per heavy atom. The minimum atomic E-state index is -3.76. The maximum absolute atomic E-state index is 12.6. The number of hydrogen-bond acceptors (Lipinski definition) is 4. The standard InChI is InChI=1S/C15H12BrN3O2S/c16-12-6-8-13(9-7-12)22(20,21)19-10-14(15(17)18-19)11-4-2-1-3-5-11/h1-10H,(H2,17,18). The average Bonchev–Trinajstić information content (AvgIpc) is 2.91. The summed E-state index contributed by atoms with van der Waals surface area (Å²) in [6, 6.07) is 15.6. The highest BCUT2D eigenvalue weighted by Crippen LogP contribution is 2.26. The van der Waals surface area contributed by atoms with Crippen molar-refractivity contribution in [3.63, 3.8) is 0 Å². The molecule has 0 aliphatic heterocycles. The van der Waals surface area contributed by atoms with E-state index < -0.39 is 10.0 Å². The minimum Gasteiger partial charge on any atom is -0.382 e. The number of anilines is 1. The molecule has 0 atom stereocenters. The van der Waals surface area contributed by atoms with E-state index in [1.807, 2.05) is 30.3 Å². The Bertz CT molecular complexity index is 904. The molecule has 0 spiro atoms. The molecule has 2 aromatic carbocycles. The molecule has 0 amide bonds. The van der Waals surface area contributed by atoms with Gasteiger partial charge in [0.25, 0.3) is 10.0 Å². The minimum absolute atomic E-state index is 0.151. The first-order valence-corrected chi connectivity index (χ1v) is 8.63. The van der Waals surface area contributed by atoms with Gasteiger partial charge in [-0.3, -0.25) is 0 Å². The number of rotatable bonds is 3. The van der Waals surface area contributed by atoms with Crippen LogP contribution in [0.15, 0.2) is 70.2 Å². The highest BCUT2D eigenvalue weighted by molar-refractivity contribution is 9.10. The van der Waals surface area contributed by atoms with Gasteiger partial charge in [0, 0.05) is 10.0 Å². The third kappa shape index (κ3) is 2.65. The van der Waals surface area contributed by atoms with Crippen molar-refractivity contribution in [2.24, 2.45) is 0 Å². The molecule has 1 aromatic heterocycles. The normalized spacial score (nSPS) is 11.5. The third-order valence-electron chi connectivity index (χ3n) is 3.16. The van der Waals surface area contributed by atoms with Gasteiger partial charge < -0.3 is 5.73 Å². The Hall–Kier alpha value is -2.12. The molecule has 3 aromatic rings. The van der Waals surface area contributed by atoms with Crippen LogP contribution in [0.25, 0.3) is 11.1 Å². The molecule has 22 heavy (non-hydrogen) atoms. The summed E-state index contributed by atoms with van der Waals surface area (Å²) >= 11 is 3.28. The monoisotopic (exact) mass is 377 g/mol. The van der Waals surface area contributed by atoms with Crippen molar-refractivity contribution in [1.29, 1.82) is 0 Å². The number of aromatic nitrogens is 2. The van der Waals surface area contributed by atoms with Crippen molar-refractivity contribution in [1.82, 2.24) is 9.19 Å². The molecule has 112 valence electrons. The van der Waals surface area contributed by atoms with Crippen LogP contribution < -0.4 is 5.73 Å².